The number of aromatic nitrogens is 1. The first kappa shape index (κ1) is 14.0. The summed E-state index contributed by atoms with van der Waals surface area (Å²) in [7, 11) is 0. The van der Waals surface area contributed by atoms with Crippen molar-refractivity contribution in [3.05, 3.63) is 46.4 Å². The van der Waals surface area contributed by atoms with Gasteiger partial charge in [0.2, 0.25) is 5.01 Å². The molecule has 1 aromatic carbocycles. The molecule has 0 bridgehead atoms. The molecule has 2 aromatic rings. The summed E-state index contributed by atoms with van der Waals surface area (Å²) in [5.41, 5.74) is 2.12. The number of benzene rings is 1. The fraction of sp³-hybridized carbons (Fsp3) is 0.333. The van der Waals surface area contributed by atoms with Crippen LogP contribution in [0.4, 0.5) is 5.69 Å². The molecule has 0 amide bonds. The largest absolute Gasteiger partial charge is 0.476 e. The third-order valence-electron chi connectivity index (χ3n) is 3.61. The molecule has 6 heteroatoms. The molecule has 0 saturated carbocycles. The number of thiazole rings is 1. The topological polar surface area (TPSA) is 56.7 Å². The Labute approximate surface area is 127 Å². The number of piperazine rings is 1. The zero-order chi connectivity index (χ0) is 14.7. The van der Waals surface area contributed by atoms with Crippen molar-refractivity contribution in [3.63, 3.8) is 0 Å². The highest BCUT2D eigenvalue weighted by atomic mass is 32.1. The van der Waals surface area contributed by atoms with Crippen molar-refractivity contribution in [2.75, 3.05) is 31.1 Å². The Morgan fingerprint density at radius 3 is 2.52 bits per heavy atom. The van der Waals surface area contributed by atoms with Crippen molar-refractivity contribution >= 4 is 23.0 Å². The Kier molecular flexibility index (Phi) is 4.17. The number of para-hydroxylation sites is 1. The highest BCUT2D eigenvalue weighted by molar-refractivity contribution is 7.11. The van der Waals surface area contributed by atoms with Gasteiger partial charge in [-0.05, 0) is 12.1 Å². The van der Waals surface area contributed by atoms with Crippen molar-refractivity contribution < 1.29 is 9.90 Å². The smallest absolute Gasteiger partial charge is 0.365 e. The molecule has 2 heterocycles. The van der Waals surface area contributed by atoms with Crippen LogP contribution in [0, 0.1) is 0 Å². The summed E-state index contributed by atoms with van der Waals surface area (Å²) in [5.74, 6) is -0.944. The summed E-state index contributed by atoms with van der Waals surface area (Å²) in [4.78, 5) is 19.7. The Balaban J connectivity index is 1.55. The van der Waals surface area contributed by atoms with Crippen LogP contribution >= 0.6 is 11.3 Å². The van der Waals surface area contributed by atoms with Crippen LogP contribution in [0.15, 0.2) is 35.7 Å². The highest BCUT2D eigenvalue weighted by Gasteiger charge is 2.18. The molecular formula is C15H17N3O2S. The molecule has 0 radical (unpaired) electrons. The van der Waals surface area contributed by atoms with E-state index < -0.39 is 5.97 Å². The van der Waals surface area contributed by atoms with Gasteiger partial charge >= 0.3 is 5.97 Å². The number of rotatable bonds is 4. The summed E-state index contributed by atoms with van der Waals surface area (Å²) in [5, 5.41) is 10.9. The van der Waals surface area contributed by atoms with Gasteiger partial charge in [0.25, 0.3) is 0 Å². The van der Waals surface area contributed by atoms with Gasteiger partial charge in [-0.1, -0.05) is 18.2 Å². The Morgan fingerprint density at radius 1 is 1.19 bits per heavy atom. The van der Waals surface area contributed by atoms with Crippen molar-refractivity contribution in [3.8, 4) is 0 Å². The highest BCUT2D eigenvalue weighted by Crippen LogP contribution is 2.17. The molecule has 1 N–H and O–H groups in total. The van der Waals surface area contributed by atoms with Gasteiger partial charge in [0.1, 0.15) is 0 Å². The molecule has 1 aliphatic rings. The molecule has 0 unspecified atom stereocenters. The van der Waals surface area contributed by atoms with E-state index >= 15 is 0 Å². The second-order valence-corrected chi connectivity index (χ2v) is 5.91. The standard InChI is InChI=1S/C15H17N3O2S/c19-15(20)14-16-12(11-21-14)10-17-6-8-18(9-7-17)13-4-2-1-3-5-13/h1-5,11H,6-10H2,(H,19,20). The summed E-state index contributed by atoms with van der Waals surface area (Å²) in [6, 6.07) is 10.4. The zero-order valence-corrected chi connectivity index (χ0v) is 12.4. The Bertz CT molecular complexity index is 606. The fourth-order valence-corrected chi connectivity index (χ4v) is 3.16. The number of aromatic carboxylic acids is 1. The minimum Gasteiger partial charge on any atom is -0.476 e. The van der Waals surface area contributed by atoms with Crippen molar-refractivity contribution in [2.45, 2.75) is 6.54 Å². The Hall–Kier alpha value is -1.92. The lowest BCUT2D eigenvalue weighted by Gasteiger charge is -2.35. The lowest BCUT2D eigenvalue weighted by molar-refractivity contribution is 0.0696. The lowest BCUT2D eigenvalue weighted by atomic mass is 10.2. The SMILES string of the molecule is O=C(O)c1nc(CN2CCN(c3ccccc3)CC2)cs1. The van der Waals surface area contributed by atoms with Crippen molar-refractivity contribution in [2.24, 2.45) is 0 Å². The second-order valence-electron chi connectivity index (χ2n) is 5.05. The Morgan fingerprint density at radius 2 is 1.90 bits per heavy atom. The maximum Gasteiger partial charge on any atom is 0.365 e. The molecule has 0 aliphatic carbocycles. The maximum atomic E-state index is 10.8. The van der Waals surface area contributed by atoms with Gasteiger partial charge in [-0.3, -0.25) is 4.90 Å². The van der Waals surface area contributed by atoms with Crippen LogP contribution in [-0.2, 0) is 6.54 Å². The van der Waals surface area contributed by atoms with Crippen LogP contribution in [0.5, 0.6) is 0 Å². The molecule has 110 valence electrons. The predicted molar refractivity (Wildman–Crippen MR) is 83.0 cm³/mol. The number of hydrogen-bond acceptors (Lipinski definition) is 5. The normalized spacial score (nSPS) is 16.1. The van der Waals surface area contributed by atoms with E-state index in [1.807, 2.05) is 11.4 Å². The third kappa shape index (κ3) is 3.40. The van der Waals surface area contributed by atoms with E-state index in [2.05, 4.69) is 39.0 Å². The number of carboxylic acids is 1. The average molecular weight is 303 g/mol. The third-order valence-corrected chi connectivity index (χ3v) is 4.49. The van der Waals surface area contributed by atoms with Crippen molar-refractivity contribution in [1.29, 1.82) is 0 Å². The number of nitrogens with zero attached hydrogens (tertiary/aromatic N) is 3. The molecule has 3 rings (SSSR count). The molecule has 1 fully saturated rings. The number of carboxylic acid groups (broad SMARTS) is 1. The molecule has 0 atom stereocenters. The molecule has 1 aromatic heterocycles. The van der Waals surface area contributed by atoms with E-state index in [1.54, 1.807) is 0 Å². The summed E-state index contributed by atoms with van der Waals surface area (Å²) in [6.45, 7) is 4.63. The summed E-state index contributed by atoms with van der Waals surface area (Å²) < 4.78 is 0. The molecule has 1 saturated heterocycles. The van der Waals surface area contributed by atoms with Gasteiger partial charge < -0.3 is 10.0 Å². The summed E-state index contributed by atoms with van der Waals surface area (Å²) >= 11 is 1.20. The van der Waals surface area contributed by atoms with E-state index in [-0.39, 0.29) is 5.01 Å². The van der Waals surface area contributed by atoms with E-state index in [0.717, 1.165) is 38.4 Å². The first-order chi connectivity index (χ1) is 10.2. The van der Waals surface area contributed by atoms with Crippen LogP contribution in [-0.4, -0.2) is 47.1 Å². The molecule has 1 aliphatic heterocycles. The van der Waals surface area contributed by atoms with E-state index in [0.29, 0.717) is 0 Å². The second kappa shape index (κ2) is 6.24. The van der Waals surface area contributed by atoms with Crippen molar-refractivity contribution in [1.82, 2.24) is 9.88 Å². The molecular weight excluding hydrogens is 286 g/mol. The minimum atomic E-state index is -0.944. The van der Waals surface area contributed by atoms with Crippen LogP contribution in [0.3, 0.4) is 0 Å². The van der Waals surface area contributed by atoms with Gasteiger partial charge in [0, 0.05) is 43.8 Å². The van der Waals surface area contributed by atoms with E-state index in [4.69, 9.17) is 5.11 Å². The maximum absolute atomic E-state index is 10.8. The zero-order valence-electron chi connectivity index (χ0n) is 11.6. The van der Waals surface area contributed by atoms with Crippen LogP contribution in [0.1, 0.15) is 15.5 Å². The van der Waals surface area contributed by atoms with Gasteiger partial charge in [0.15, 0.2) is 0 Å². The number of anilines is 1. The van der Waals surface area contributed by atoms with Gasteiger partial charge in [-0.15, -0.1) is 11.3 Å². The first-order valence-corrected chi connectivity index (χ1v) is 7.80. The predicted octanol–water partition coefficient (Wildman–Crippen LogP) is 2.16. The fourth-order valence-electron chi connectivity index (χ4n) is 2.51. The lowest BCUT2D eigenvalue weighted by Crippen LogP contribution is -2.46. The van der Waals surface area contributed by atoms with E-state index in [9.17, 15) is 4.79 Å². The quantitative estimate of drug-likeness (QED) is 0.938. The van der Waals surface area contributed by atoms with Gasteiger partial charge in [-0.2, -0.15) is 0 Å². The number of hydrogen-bond donors (Lipinski definition) is 1. The van der Waals surface area contributed by atoms with Gasteiger partial charge in [-0.25, -0.2) is 9.78 Å². The summed E-state index contributed by atoms with van der Waals surface area (Å²) in [6.07, 6.45) is 0. The number of carbonyl (C=O) groups is 1. The minimum absolute atomic E-state index is 0.174. The van der Waals surface area contributed by atoms with Crippen LogP contribution in [0.25, 0.3) is 0 Å². The molecule has 0 spiro atoms. The molecule has 21 heavy (non-hydrogen) atoms. The van der Waals surface area contributed by atoms with E-state index in [1.165, 1.54) is 17.0 Å². The average Bonchev–Trinajstić information content (AvgIpc) is 2.98. The van der Waals surface area contributed by atoms with Gasteiger partial charge in [0.05, 0.1) is 5.69 Å². The first-order valence-electron chi connectivity index (χ1n) is 6.92. The molecule has 5 nitrogen and oxygen atoms in total. The van der Waals surface area contributed by atoms with Crippen LogP contribution in [0.2, 0.25) is 0 Å². The monoisotopic (exact) mass is 303 g/mol. The van der Waals surface area contributed by atoms with Crippen LogP contribution < -0.4 is 4.90 Å².